The van der Waals surface area contributed by atoms with E-state index in [4.69, 9.17) is 0 Å². The zero-order chi connectivity index (χ0) is 11.7. The van der Waals surface area contributed by atoms with E-state index in [1.807, 2.05) is 5.38 Å². The molecule has 0 aromatic carbocycles. The summed E-state index contributed by atoms with van der Waals surface area (Å²) in [4.78, 5) is 18.0. The quantitative estimate of drug-likeness (QED) is 0.743. The highest BCUT2D eigenvalue weighted by atomic mass is 32.1. The lowest BCUT2D eigenvalue weighted by atomic mass is 9.96. The Hall–Kier alpha value is -0.900. The fourth-order valence-electron chi connectivity index (χ4n) is 2.11. The van der Waals surface area contributed by atoms with E-state index in [0.717, 1.165) is 17.6 Å². The van der Waals surface area contributed by atoms with Gasteiger partial charge >= 0.3 is 0 Å². The number of carbonyl (C=O) groups is 1. The van der Waals surface area contributed by atoms with Crippen LogP contribution in [0.4, 0.5) is 5.13 Å². The summed E-state index contributed by atoms with van der Waals surface area (Å²) >= 11 is 1.58. The average Bonchev–Trinajstić information content (AvgIpc) is 2.70. The topological polar surface area (TPSA) is 33.2 Å². The number of anilines is 1. The molecule has 2 heterocycles. The monoisotopic (exact) mass is 238 g/mol. The van der Waals surface area contributed by atoms with Gasteiger partial charge in [-0.3, -0.25) is 4.79 Å². The molecule has 0 amide bonds. The Balaban J connectivity index is 2.18. The molecule has 0 saturated carbocycles. The van der Waals surface area contributed by atoms with Gasteiger partial charge in [0.15, 0.2) is 10.9 Å². The number of aromatic nitrogens is 1. The van der Waals surface area contributed by atoms with Gasteiger partial charge in [-0.1, -0.05) is 6.92 Å². The molecular formula is C12H18N2OS. The minimum absolute atomic E-state index is 0.0558. The highest BCUT2D eigenvalue weighted by molar-refractivity contribution is 7.13. The lowest BCUT2D eigenvalue weighted by molar-refractivity contribution is 0.101. The van der Waals surface area contributed by atoms with Gasteiger partial charge in [0.1, 0.15) is 5.69 Å². The van der Waals surface area contributed by atoms with Crippen molar-refractivity contribution >= 4 is 22.3 Å². The maximum atomic E-state index is 11.2. The van der Waals surface area contributed by atoms with Crippen LogP contribution in [0.1, 0.15) is 44.1 Å². The third kappa shape index (κ3) is 2.26. The number of ketones is 1. The summed E-state index contributed by atoms with van der Waals surface area (Å²) in [5.74, 6) is 0.779. The Labute approximate surface area is 100 Å². The van der Waals surface area contributed by atoms with Crippen LogP contribution in [0.25, 0.3) is 0 Å². The van der Waals surface area contributed by atoms with Crippen molar-refractivity contribution in [3.63, 3.8) is 0 Å². The molecule has 1 aromatic heterocycles. The first kappa shape index (κ1) is 11.6. The predicted octanol–water partition coefficient (Wildman–Crippen LogP) is 2.97. The molecular weight excluding hydrogens is 220 g/mol. The minimum atomic E-state index is 0.0558. The second-order valence-electron chi connectivity index (χ2n) is 4.76. The highest BCUT2D eigenvalue weighted by Gasteiger charge is 2.25. The number of thiazole rings is 1. The van der Waals surface area contributed by atoms with E-state index >= 15 is 0 Å². The van der Waals surface area contributed by atoms with Crippen LogP contribution in [-0.4, -0.2) is 23.4 Å². The van der Waals surface area contributed by atoms with E-state index in [1.165, 1.54) is 12.8 Å². The molecule has 3 nitrogen and oxygen atoms in total. The molecule has 4 heteroatoms. The maximum Gasteiger partial charge on any atom is 0.186 e. The molecule has 0 bridgehead atoms. The molecule has 1 aliphatic rings. The van der Waals surface area contributed by atoms with E-state index in [2.05, 4.69) is 23.7 Å². The van der Waals surface area contributed by atoms with Gasteiger partial charge in [0.2, 0.25) is 0 Å². The van der Waals surface area contributed by atoms with Crippen molar-refractivity contribution in [2.24, 2.45) is 5.92 Å². The molecule has 1 aromatic rings. The first-order valence-corrected chi connectivity index (χ1v) is 6.69. The van der Waals surface area contributed by atoms with Crippen LogP contribution in [0.5, 0.6) is 0 Å². The van der Waals surface area contributed by atoms with Crippen LogP contribution in [-0.2, 0) is 0 Å². The fraction of sp³-hybridized carbons (Fsp3) is 0.667. The zero-order valence-corrected chi connectivity index (χ0v) is 10.9. The molecule has 0 spiro atoms. The molecule has 0 N–H and O–H groups in total. The predicted molar refractivity (Wildman–Crippen MR) is 67.3 cm³/mol. The van der Waals surface area contributed by atoms with Crippen LogP contribution in [0.15, 0.2) is 5.38 Å². The Morgan fingerprint density at radius 3 is 2.88 bits per heavy atom. The Morgan fingerprint density at radius 1 is 1.50 bits per heavy atom. The fourth-order valence-corrected chi connectivity index (χ4v) is 3.09. The lowest BCUT2D eigenvalue weighted by Crippen LogP contribution is -2.41. The summed E-state index contributed by atoms with van der Waals surface area (Å²) in [7, 11) is 0. The van der Waals surface area contributed by atoms with E-state index in [1.54, 1.807) is 18.3 Å². The summed E-state index contributed by atoms with van der Waals surface area (Å²) < 4.78 is 0. The van der Waals surface area contributed by atoms with E-state index in [0.29, 0.717) is 11.7 Å². The van der Waals surface area contributed by atoms with E-state index < -0.39 is 0 Å². The molecule has 2 unspecified atom stereocenters. The summed E-state index contributed by atoms with van der Waals surface area (Å²) in [6.45, 7) is 7.15. The van der Waals surface area contributed by atoms with Crippen molar-refractivity contribution in [2.75, 3.05) is 11.4 Å². The highest BCUT2D eigenvalue weighted by Crippen LogP contribution is 2.29. The van der Waals surface area contributed by atoms with Crippen LogP contribution in [0, 0.1) is 5.92 Å². The van der Waals surface area contributed by atoms with Crippen molar-refractivity contribution in [2.45, 2.75) is 39.7 Å². The van der Waals surface area contributed by atoms with Gasteiger partial charge < -0.3 is 4.90 Å². The Morgan fingerprint density at radius 2 is 2.25 bits per heavy atom. The van der Waals surface area contributed by atoms with Crippen molar-refractivity contribution in [1.29, 1.82) is 0 Å². The molecule has 0 aliphatic carbocycles. The Kier molecular flexibility index (Phi) is 3.28. The van der Waals surface area contributed by atoms with Crippen molar-refractivity contribution in [3.05, 3.63) is 11.1 Å². The number of hydrogen-bond donors (Lipinski definition) is 0. The van der Waals surface area contributed by atoms with E-state index in [9.17, 15) is 4.79 Å². The molecule has 0 radical (unpaired) electrons. The van der Waals surface area contributed by atoms with Gasteiger partial charge in [0.05, 0.1) is 0 Å². The number of nitrogens with zero attached hydrogens (tertiary/aromatic N) is 2. The van der Waals surface area contributed by atoms with Crippen LogP contribution < -0.4 is 4.90 Å². The van der Waals surface area contributed by atoms with Gasteiger partial charge in [-0.2, -0.15) is 0 Å². The number of piperidine rings is 1. The number of carbonyl (C=O) groups excluding carboxylic acids is 1. The molecule has 2 rings (SSSR count). The van der Waals surface area contributed by atoms with Gasteiger partial charge in [-0.25, -0.2) is 4.98 Å². The summed E-state index contributed by atoms with van der Waals surface area (Å²) in [6.07, 6.45) is 2.51. The molecule has 16 heavy (non-hydrogen) atoms. The molecule has 1 aliphatic heterocycles. The van der Waals surface area contributed by atoms with Crippen LogP contribution in [0.3, 0.4) is 0 Å². The summed E-state index contributed by atoms with van der Waals surface area (Å²) in [5, 5.41) is 2.87. The van der Waals surface area contributed by atoms with Crippen molar-refractivity contribution in [3.8, 4) is 0 Å². The molecule has 1 saturated heterocycles. The van der Waals surface area contributed by atoms with Gasteiger partial charge in [-0.15, -0.1) is 11.3 Å². The van der Waals surface area contributed by atoms with Crippen LogP contribution in [0.2, 0.25) is 0 Å². The number of Topliss-reactive ketones (excluding diaryl/α,β-unsaturated/α-hetero) is 1. The molecule has 1 fully saturated rings. The summed E-state index contributed by atoms with van der Waals surface area (Å²) in [5.41, 5.74) is 0.602. The van der Waals surface area contributed by atoms with E-state index in [-0.39, 0.29) is 5.78 Å². The van der Waals surface area contributed by atoms with Gasteiger partial charge in [0.25, 0.3) is 0 Å². The zero-order valence-electron chi connectivity index (χ0n) is 10.1. The number of hydrogen-bond acceptors (Lipinski definition) is 4. The largest absolute Gasteiger partial charge is 0.345 e. The van der Waals surface area contributed by atoms with Gasteiger partial charge in [0, 0.05) is 24.9 Å². The number of rotatable bonds is 2. The second-order valence-corrected chi connectivity index (χ2v) is 5.59. The first-order chi connectivity index (χ1) is 7.58. The van der Waals surface area contributed by atoms with Crippen molar-refractivity contribution < 1.29 is 4.79 Å². The Bertz CT molecular complexity index is 388. The van der Waals surface area contributed by atoms with Crippen LogP contribution >= 0.6 is 11.3 Å². The maximum absolute atomic E-state index is 11.2. The molecule has 2 atom stereocenters. The van der Waals surface area contributed by atoms with Gasteiger partial charge in [-0.05, 0) is 25.7 Å². The smallest absolute Gasteiger partial charge is 0.186 e. The second kappa shape index (κ2) is 4.53. The normalized spacial score (nSPS) is 25.8. The summed E-state index contributed by atoms with van der Waals surface area (Å²) in [6, 6.07) is 0.544. The SMILES string of the molecule is CC(=O)c1csc(N2CC(C)CCC2C)n1. The minimum Gasteiger partial charge on any atom is -0.345 e. The average molecular weight is 238 g/mol. The molecule has 88 valence electrons. The standard InChI is InChI=1S/C12H18N2OS/c1-8-4-5-9(2)14(6-8)12-13-11(7-16-12)10(3)15/h7-9H,4-6H2,1-3H3. The first-order valence-electron chi connectivity index (χ1n) is 5.81. The third-order valence-electron chi connectivity index (χ3n) is 3.22. The third-order valence-corrected chi connectivity index (χ3v) is 4.09. The van der Waals surface area contributed by atoms with Crippen molar-refractivity contribution in [1.82, 2.24) is 4.98 Å². The lowest BCUT2D eigenvalue weighted by Gasteiger charge is -2.36.